The van der Waals surface area contributed by atoms with Gasteiger partial charge in [-0.3, -0.25) is 9.36 Å². The molecular formula is C21H18BrCl2N3O2. The van der Waals surface area contributed by atoms with Crippen LogP contribution >= 0.6 is 39.1 Å². The lowest BCUT2D eigenvalue weighted by molar-refractivity contribution is -0.124. The Bertz CT molecular complexity index is 1060. The van der Waals surface area contributed by atoms with Crippen molar-refractivity contribution in [2.75, 3.05) is 11.5 Å². The number of halogens is 3. The van der Waals surface area contributed by atoms with Gasteiger partial charge in [-0.05, 0) is 49.7 Å². The van der Waals surface area contributed by atoms with E-state index in [0.717, 1.165) is 10.0 Å². The highest BCUT2D eigenvalue weighted by atomic mass is 79.9. The van der Waals surface area contributed by atoms with Crippen molar-refractivity contribution in [1.29, 1.82) is 0 Å². The number of hydrogen-bond acceptors (Lipinski definition) is 3. The summed E-state index contributed by atoms with van der Waals surface area (Å²) in [7, 11) is 0. The zero-order valence-corrected chi connectivity index (χ0v) is 18.9. The van der Waals surface area contributed by atoms with Gasteiger partial charge in [0.05, 0.1) is 18.5 Å². The molecule has 8 heteroatoms. The molecule has 0 saturated heterocycles. The number of anilines is 2. The van der Waals surface area contributed by atoms with Crippen LogP contribution in [0.1, 0.15) is 19.4 Å². The Kier molecular flexibility index (Phi) is 5.36. The van der Waals surface area contributed by atoms with Crippen LogP contribution in [0.3, 0.4) is 0 Å². The van der Waals surface area contributed by atoms with Gasteiger partial charge in [0.2, 0.25) is 11.8 Å². The number of aromatic nitrogens is 2. The third-order valence-corrected chi connectivity index (χ3v) is 5.89. The first-order valence-electron chi connectivity index (χ1n) is 9.09. The average Bonchev–Trinajstić information content (AvgIpc) is 3.15. The van der Waals surface area contributed by atoms with E-state index in [0.29, 0.717) is 40.6 Å². The largest absolute Gasteiger partial charge is 0.478 e. The van der Waals surface area contributed by atoms with Crippen LogP contribution in [-0.2, 0) is 16.8 Å². The quantitative estimate of drug-likeness (QED) is 0.437. The molecule has 4 rings (SSSR count). The summed E-state index contributed by atoms with van der Waals surface area (Å²) in [5, 5.41) is 0.898. The third kappa shape index (κ3) is 3.54. The van der Waals surface area contributed by atoms with E-state index in [2.05, 4.69) is 20.9 Å². The van der Waals surface area contributed by atoms with Crippen LogP contribution in [0.25, 0.3) is 0 Å². The Balaban J connectivity index is 1.85. The van der Waals surface area contributed by atoms with E-state index in [9.17, 15) is 4.79 Å². The number of imidazole rings is 1. The molecular weight excluding hydrogens is 477 g/mol. The summed E-state index contributed by atoms with van der Waals surface area (Å²) in [6.45, 7) is 4.27. The molecule has 0 unspecified atom stereocenters. The van der Waals surface area contributed by atoms with Crippen LogP contribution in [0.2, 0.25) is 10.0 Å². The maximum atomic E-state index is 13.7. The van der Waals surface area contributed by atoms with Gasteiger partial charge in [-0.2, -0.15) is 0 Å². The van der Waals surface area contributed by atoms with Crippen LogP contribution in [0.4, 0.5) is 11.6 Å². The Morgan fingerprint density at radius 3 is 2.41 bits per heavy atom. The van der Waals surface area contributed by atoms with Crippen molar-refractivity contribution in [2.24, 2.45) is 0 Å². The van der Waals surface area contributed by atoms with E-state index in [1.165, 1.54) is 0 Å². The summed E-state index contributed by atoms with van der Waals surface area (Å²) in [6, 6.07) is 13.0. The van der Waals surface area contributed by atoms with Crippen molar-refractivity contribution in [3.05, 3.63) is 68.7 Å². The lowest BCUT2D eigenvalue weighted by Crippen LogP contribution is -2.41. The van der Waals surface area contributed by atoms with E-state index in [4.69, 9.17) is 27.9 Å². The molecule has 2 aromatic carbocycles. The zero-order chi connectivity index (χ0) is 20.8. The Morgan fingerprint density at radius 2 is 1.79 bits per heavy atom. The predicted molar refractivity (Wildman–Crippen MR) is 118 cm³/mol. The molecule has 0 N–H and O–H groups in total. The van der Waals surface area contributed by atoms with Gasteiger partial charge in [-0.15, -0.1) is 0 Å². The second kappa shape index (κ2) is 7.67. The van der Waals surface area contributed by atoms with E-state index in [-0.39, 0.29) is 5.91 Å². The van der Waals surface area contributed by atoms with Crippen LogP contribution in [0.5, 0.6) is 5.88 Å². The average molecular weight is 495 g/mol. The maximum absolute atomic E-state index is 13.7. The van der Waals surface area contributed by atoms with Crippen molar-refractivity contribution >= 4 is 56.7 Å². The number of rotatable bonds is 5. The zero-order valence-electron chi connectivity index (χ0n) is 15.8. The molecule has 0 radical (unpaired) electrons. The highest BCUT2D eigenvalue weighted by molar-refractivity contribution is 9.10. The number of amides is 1. The van der Waals surface area contributed by atoms with Crippen LogP contribution in [0.15, 0.2) is 53.1 Å². The SMILES string of the molecule is CCOc1cnc2n1[C@](C)(Cc1ccc(Br)cc1)C(=O)N2c1cc(Cl)cc(Cl)c1. The maximum Gasteiger partial charge on any atom is 0.260 e. The Morgan fingerprint density at radius 1 is 1.14 bits per heavy atom. The van der Waals surface area contributed by atoms with Crippen molar-refractivity contribution in [1.82, 2.24) is 9.55 Å². The molecule has 0 fully saturated rings. The Hall–Kier alpha value is -2.02. The number of carbonyl (C=O) groups excluding carboxylic acids is 1. The first kappa shape index (κ1) is 20.3. The molecule has 0 spiro atoms. The normalized spacial score (nSPS) is 18.2. The fraction of sp³-hybridized carbons (Fsp3) is 0.238. The van der Waals surface area contributed by atoms with Crippen molar-refractivity contribution in [3.8, 4) is 5.88 Å². The van der Waals surface area contributed by atoms with E-state index < -0.39 is 5.54 Å². The molecule has 1 aromatic heterocycles. The Labute approximate surface area is 187 Å². The highest BCUT2D eigenvalue weighted by Crippen LogP contribution is 2.45. The van der Waals surface area contributed by atoms with Crippen molar-refractivity contribution in [3.63, 3.8) is 0 Å². The van der Waals surface area contributed by atoms with Gasteiger partial charge in [0, 0.05) is 20.9 Å². The third-order valence-electron chi connectivity index (χ3n) is 4.93. The molecule has 2 heterocycles. The van der Waals surface area contributed by atoms with Gasteiger partial charge in [0.25, 0.3) is 5.91 Å². The summed E-state index contributed by atoms with van der Waals surface area (Å²) < 4.78 is 8.62. The minimum Gasteiger partial charge on any atom is -0.478 e. The van der Waals surface area contributed by atoms with Crippen LogP contribution < -0.4 is 9.64 Å². The van der Waals surface area contributed by atoms with E-state index in [1.807, 2.05) is 42.7 Å². The first-order valence-corrected chi connectivity index (χ1v) is 10.6. The van der Waals surface area contributed by atoms with Crippen LogP contribution in [-0.4, -0.2) is 22.1 Å². The van der Waals surface area contributed by atoms with Crippen molar-refractivity contribution < 1.29 is 9.53 Å². The molecule has 1 atom stereocenters. The standard InChI is InChI=1S/C21H18BrCl2N3O2/c1-3-29-18-12-25-20-26(17-9-15(23)8-16(24)10-17)19(28)21(2,27(18)20)11-13-4-6-14(22)7-5-13/h4-10,12H,3,11H2,1-2H3/t21-/m1/s1. The topological polar surface area (TPSA) is 47.4 Å². The van der Waals surface area contributed by atoms with E-state index in [1.54, 1.807) is 29.3 Å². The molecule has 3 aromatic rings. The number of carbonyl (C=O) groups is 1. The van der Waals surface area contributed by atoms with Gasteiger partial charge in [-0.25, -0.2) is 9.88 Å². The molecule has 5 nitrogen and oxygen atoms in total. The molecule has 1 aliphatic heterocycles. The second-order valence-electron chi connectivity index (χ2n) is 7.01. The highest BCUT2D eigenvalue weighted by Gasteiger charge is 2.50. The minimum absolute atomic E-state index is 0.122. The number of ether oxygens (including phenoxy) is 1. The predicted octanol–water partition coefficient (Wildman–Crippen LogP) is 5.99. The number of hydrogen-bond donors (Lipinski definition) is 0. The summed E-state index contributed by atoms with van der Waals surface area (Å²) in [4.78, 5) is 19.7. The minimum atomic E-state index is -0.918. The van der Waals surface area contributed by atoms with Crippen molar-refractivity contribution in [2.45, 2.75) is 25.8 Å². The fourth-order valence-corrected chi connectivity index (χ4v) is 4.46. The van der Waals surface area contributed by atoms with Gasteiger partial charge in [0.1, 0.15) is 5.54 Å². The number of fused-ring (bicyclic) bond motifs is 1. The van der Waals surface area contributed by atoms with Gasteiger partial charge >= 0.3 is 0 Å². The number of nitrogens with zero attached hydrogens (tertiary/aromatic N) is 3. The first-order chi connectivity index (χ1) is 13.8. The lowest BCUT2D eigenvalue weighted by Gasteiger charge is -2.26. The fourth-order valence-electron chi connectivity index (χ4n) is 3.68. The monoisotopic (exact) mass is 493 g/mol. The summed E-state index contributed by atoms with van der Waals surface area (Å²) in [5.41, 5.74) is 0.679. The summed E-state index contributed by atoms with van der Waals surface area (Å²) >= 11 is 15.8. The van der Waals surface area contributed by atoms with Gasteiger partial charge in [-0.1, -0.05) is 51.3 Å². The van der Waals surface area contributed by atoms with E-state index >= 15 is 0 Å². The molecule has 150 valence electrons. The lowest BCUT2D eigenvalue weighted by atomic mass is 9.92. The molecule has 0 bridgehead atoms. The molecule has 29 heavy (non-hydrogen) atoms. The molecule has 0 saturated carbocycles. The smallest absolute Gasteiger partial charge is 0.260 e. The summed E-state index contributed by atoms with van der Waals surface area (Å²) in [6.07, 6.45) is 2.12. The van der Waals surface area contributed by atoms with Crippen LogP contribution in [0, 0.1) is 0 Å². The molecule has 1 aliphatic rings. The summed E-state index contributed by atoms with van der Waals surface area (Å²) in [5.74, 6) is 0.908. The second-order valence-corrected chi connectivity index (χ2v) is 8.80. The molecule has 0 aliphatic carbocycles. The molecule has 1 amide bonds. The number of benzene rings is 2. The van der Waals surface area contributed by atoms with Gasteiger partial charge in [0.15, 0.2) is 0 Å². The van der Waals surface area contributed by atoms with Gasteiger partial charge < -0.3 is 4.74 Å².